The number of nitrogens with zero attached hydrogens (tertiary/aromatic N) is 3. The van der Waals surface area contributed by atoms with Crippen LogP contribution in [0.15, 0.2) is 0 Å². The first-order valence-corrected chi connectivity index (χ1v) is 10.9. The van der Waals surface area contributed by atoms with Crippen LogP contribution in [0, 0.1) is 6.92 Å². The summed E-state index contributed by atoms with van der Waals surface area (Å²) in [6, 6.07) is 0.384. The molecule has 1 aromatic rings. The number of likely N-dealkylation sites (tertiary alicyclic amines) is 1. The minimum absolute atomic E-state index is 0.0645. The SMILES string of the molecule is Cc1[nH]nc(C(C)C)c1C(=O)N1CCC(N2CCS(=O)(=O)CC2)CC1. The molecule has 2 fully saturated rings. The van der Waals surface area contributed by atoms with Gasteiger partial charge in [-0.05, 0) is 25.7 Å². The van der Waals surface area contributed by atoms with Crippen molar-refractivity contribution in [1.29, 1.82) is 0 Å². The Labute approximate surface area is 149 Å². The van der Waals surface area contributed by atoms with E-state index in [9.17, 15) is 13.2 Å². The molecule has 0 unspecified atom stereocenters. The van der Waals surface area contributed by atoms with Crippen LogP contribution in [-0.2, 0) is 9.84 Å². The van der Waals surface area contributed by atoms with Crippen LogP contribution >= 0.6 is 0 Å². The third-order valence-corrected chi connectivity index (χ3v) is 6.99. The first kappa shape index (κ1) is 18.4. The molecule has 0 atom stereocenters. The van der Waals surface area contributed by atoms with Crippen LogP contribution in [0.3, 0.4) is 0 Å². The summed E-state index contributed by atoms with van der Waals surface area (Å²) in [6.45, 7) is 8.67. The van der Waals surface area contributed by atoms with E-state index in [-0.39, 0.29) is 23.3 Å². The molecule has 1 N–H and O–H groups in total. The molecule has 8 heteroatoms. The molecule has 0 bridgehead atoms. The number of amides is 1. The van der Waals surface area contributed by atoms with Crippen molar-refractivity contribution >= 4 is 15.7 Å². The number of aromatic nitrogens is 2. The van der Waals surface area contributed by atoms with Crippen molar-refractivity contribution < 1.29 is 13.2 Å². The predicted molar refractivity (Wildman–Crippen MR) is 96.6 cm³/mol. The number of carbonyl (C=O) groups excluding carboxylic acids is 1. The Kier molecular flexibility index (Phi) is 5.20. The number of H-pyrrole nitrogens is 1. The molecule has 140 valence electrons. The van der Waals surface area contributed by atoms with Gasteiger partial charge in [-0.15, -0.1) is 0 Å². The highest BCUT2D eigenvalue weighted by atomic mass is 32.2. The van der Waals surface area contributed by atoms with Crippen molar-refractivity contribution in [2.75, 3.05) is 37.7 Å². The molecule has 2 saturated heterocycles. The van der Waals surface area contributed by atoms with E-state index in [1.807, 2.05) is 25.7 Å². The van der Waals surface area contributed by atoms with Gasteiger partial charge in [-0.3, -0.25) is 14.8 Å². The van der Waals surface area contributed by atoms with E-state index >= 15 is 0 Å². The quantitative estimate of drug-likeness (QED) is 0.866. The van der Waals surface area contributed by atoms with Gasteiger partial charge in [-0.25, -0.2) is 8.42 Å². The van der Waals surface area contributed by atoms with Gasteiger partial charge >= 0.3 is 0 Å². The average molecular weight is 369 g/mol. The monoisotopic (exact) mass is 368 g/mol. The van der Waals surface area contributed by atoms with Gasteiger partial charge in [0, 0.05) is 37.9 Å². The lowest BCUT2D eigenvalue weighted by Gasteiger charge is -2.40. The number of rotatable bonds is 3. The standard InChI is InChI=1S/C17H28N4O3S/c1-12(2)16-15(13(3)18-19-16)17(22)21-6-4-14(5-7-21)20-8-10-25(23,24)11-9-20/h12,14H,4-11H2,1-3H3,(H,18,19). The number of hydrogen-bond donors (Lipinski definition) is 1. The topological polar surface area (TPSA) is 86.4 Å². The highest BCUT2D eigenvalue weighted by Crippen LogP contribution is 2.24. The Morgan fingerprint density at radius 1 is 1.16 bits per heavy atom. The van der Waals surface area contributed by atoms with E-state index < -0.39 is 9.84 Å². The van der Waals surface area contributed by atoms with Gasteiger partial charge in [-0.2, -0.15) is 5.10 Å². The van der Waals surface area contributed by atoms with Crippen molar-refractivity contribution in [3.05, 3.63) is 17.0 Å². The molecule has 2 aliphatic heterocycles. The minimum atomic E-state index is -2.84. The minimum Gasteiger partial charge on any atom is -0.338 e. The molecule has 3 heterocycles. The zero-order valence-corrected chi connectivity index (χ0v) is 16.1. The molecular weight excluding hydrogens is 340 g/mol. The van der Waals surface area contributed by atoms with Crippen molar-refractivity contribution in [1.82, 2.24) is 20.0 Å². The first-order valence-electron chi connectivity index (χ1n) is 9.07. The molecule has 7 nitrogen and oxygen atoms in total. The molecule has 0 saturated carbocycles. The normalized spacial score (nSPS) is 22.5. The number of aryl methyl sites for hydroxylation is 1. The summed E-state index contributed by atoms with van der Waals surface area (Å²) in [5.41, 5.74) is 2.39. The molecule has 0 spiro atoms. The molecule has 1 aromatic heterocycles. The summed E-state index contributed by atoms with van der Waals surface area (Å²) in [5.74, 6) is 0.794. The molecule has 1 amide bonds. The molecule has 2 aliphatic rings. The smallest absolute Gasteiger partial charge is 0.257 e. The van der Waals surface area contributed by atoms with E-state index in [1.165, 1.54) is 0 Å². The lowest BCUT2D eigenvalue weighted by Crippen LogP contribution is -2.51. The van der Waals surface area contributed by atoms with Crippen molar-refractivity contribution in [3.63, 3.8) is 0 Å². The lowest BCUT2D eigenvalue weighted by atomic mass is 9.99. The van der Waals surface area contributed by atoms with Gasteiger partial charge in [0.1, 0.15) is 0 Å². The zero-order valence-electron chi connectivity index (χ0n) is 15.3. The van der Waals surface area contributed by atoms with Gasteiger partial charge in [0.25, 0.3) is 5.91 Å². The van der Waals surface area contributed by atoms with Gasteiger partial charge in [0.15, 0.2) is 9.84 Å². The lowest BCUT2D eigenvalue weighted by molar-refractivity contribution is 0.0627. The molecular formula is C17H28N4O3S. The van der Waals surface area contributed by atoms with Crippen LogP contribution in [0.25, 0.3) is 0 Å². The van der Waals surface area contributed by atoms with Crippen LogP contribution < -0.4 is 0 Å². The maximum atomic E-state index is 12.9. The molecule has 0 radical (unpaired) electrons. The Bertz CT molecular complexity index is 719. The first-order chi connectivity index (χ1) is 11.8. The van der Waals surface area contributed by atoms with Gasteiger partial charge in [0.2, 0.25) is 0 Å². The summed E-state index contributed by atoms with van der Waals surface area (Å²) in [7, 11) is -2.84. The summed E-state index contributed by atoms with van der Waals surface area (Å²) < 4.78 is 23.2. The second-order valence-electron chi connectivity index (χ2n) is 7.47. The predicted octanol–water partition coefficient (Wildman–Crippen LogP) is 1.18. The van der Waals surface area contributed by atoms with Crippen LogP contribution in [0.1, 0.15) is 54.4 Å². The number of aromatic amines is 1. The third kappa shape index (κ3) is 3.89. The molecule has 3 rings (SSSR count). The Balaban J connectivity index is 1.61. The van der Waals surface area contributed by atoms with Crippen LogP contribution in [0.4, 0.5) is 0 Å². The highest BCUT2D eigenvalue weighted by Gasteiger charge is 2.32. The van der Waals surface area contributed by atoms with Crippen LogP contribution in [-0.4, -0.2) is 78.0 Å². The van der Waals surface area contributed by atoms with Crippen molar-refractivity contribution in [2.45, 2.75) is 45.6 Å². The van der Waals surface area contributed by atoms with E-state index in [1.54, 1.807) is 0 Å². The van der Waals surface area contributed by atoms with Gasteiger partial charge < -0.3 is 4.90 Å². The van der Waals surface area contributed by atoms with E-state index in [2.05, 4.69) is 15.1 Å². The Morgan fingerprint density at radius 2 is 1.76 bits per heavy atom. The fraction of sp³-hybridized carbons (Fsp3) is 0.765. The summed E-state index contributed by atoms with van der Waals surface area (Å²) >= 11 is 0. The number of sulfone groups is 1. The van der Waals surface area contributed by atoms with Crippen LogP contribution in [0.5, 0.6) is 0 Å². The fourth-order valence-corrected chi connectivity index (χ4v) is 5.05. The summed E-state index contributed by atoms with van der Waals surface area (Å²) in [4.78, 5) is 17.1. The molecule has 0 aromatic carbocycles. The van der Waals surface area contributed by atoms with E-state index in [4.69, 9.17) is 0 Å². The largest absolute Gasteiger partial charge is 0.338 e. The average Bonchev–Trinajstić information content (AvgIpc) is 2.96. The number of piperidine rings is 1. The van der Waals surface area contributed by atoms with E-state index in [0.717, 1.165) is 42.9 Å². The van der Waals surface area contributed by atoms with Crippen molar-refractivity contribution in [3.8, 4) is 0 Å². The molecule has 25 heavy (non-hydrogen) atoms. The van der Waals surface area contributed by atoms with Crippen LogP contribution in [0.2, 0.25) is 0 Å². The number of carbonyl (C=O) groups is 1. The summed E-state index contributed by atoms with van der Waals surface area (Å²) in [5, 5.41) is 7.24. The van der Waals surface area contributed by atoms with E-state index in [0.29, 0.717) is 19.1 Å². The van der Waals surface area contributed by atoms with Gasteiger partial charge in [-0.1, -0.05) is 13.8 Å². The number of hydrogen-bond acceptors (Lipinski definition) is 5. The molecule has 0 aliphatic carbocycles. The Morgan fingerprint density at radius 3 is 2.32 bits per heavy atom. The number of nitrogens with one attached hydrogen (secondary N) is 1. The zero-order chi connectivity index (χ0) is 18.2. The van der Waals surface area contributed by atoms with Gasteiger partial charge in [0.05, 0.1) is 22.8 Å². The summed E-state index contributed by atoms with van der Waals surface area (Å²) in [6.07, 6.45) is 1.80. The maximum Gasteiger partial charge on any atom is 0.257 e. The highest BCUT2D eigenvalue weighted by molar-refractivity contribution is 7.91. The third-order valence-electron chi connectivity index (χ3n) is 5.38. The Hall–Kier alpha value is -1.41. The maximum absolute atomic E-state index is 12.9. The second-order valence-corrected chi connectivity index (χ2v) is 9.78. The second kappa shape index (κ2) is 7.07. The van der Waals surface area contributed by atoms with Crippen molar-refractivity contribution in [2.24, 2.45) is 0 Å². The fourth-order valence-electron chi connectivity index (χ4n) is 3.82.